The van der Waals surface area contributed by atoms with E-state index in [1.165, 1.54) is 0 Å². The number of ether oxygens (including phenoxy) is 1. The van der Waals surface area contributed by atoms with E-state index in [0.717, 1.165) is 26.2 Å². The van der Waals surface area contributed by atoms with Crippen LogP contribution in [-0.2, 0) is 4.74 Å². The Morgan fingerprint density at radius 1 is 1.50 bits per heavy atom. The molecule has 0 aromatic rings. The lowest BCUT2D eigenvalue weighted by molar-refractivity contribution is -0.486. The average Bonchev–Trinajstić information content (AvgIpc) is 2.75. The molecule has 8 nitrogen and oxygen atoms in total. The Hall–Kier alpha value is -1.41. The summed E-state index contributed by atoms with van der Waals surface area (Å²) in [6.07, 6.45) is 1.01. The van der Waals surface area contributed by atoms with Crippen LogP contribution in [0.5, 0.6) is 0 Å². The highest BCUT2D eigenvalue weighted by Crippen LogP contribution is 2.17. The second kappa shape index (κ2) is 5.49. The molecule has 1 unspecified atom stereocenters. The first-order chi connectivity index (χ1) is 8.56. The van der Waals surface area contributed by atoms with Crippen LogP contribution in [0.3, 0.4) is 0 Å². The van der Waals surface area contributed by atoms with E-state index in [-0.39, 0.29) is 0 Å². The highest BCUT2D eigenvalue weighted by Gasteiger charge is 2.30. The van der Waals surface area contributed by atoms with Gasteiger partial charge in [-0.15, -0.1) is 0 Å². The van der Waals surface area contributed by atoms with E-state index in [1.807, 2.05) is 19.0 Å². The van der Waals surface area contributed by atoms with Crippen molar-refractivity contribution in [3.63, 3.8) is 0 Å². The molecule has 102 valence electrons. The van der Waals surface area contributed by atoms with Crippen LogP contribution in [0.4, 0.5) is 0 Å². The number of nitrogens with zero attached hydrogens (tertiary/aromatic N) is 5. The van der Waals surface area contributed by atoms with Crippen molar-refractivity contribution in [2.75, 3.05) is 47.2 Å². The molecule has 2 rings (SSSR count). The Morgan fingerprint density at radius 2 is 2.28 bits per heavy atom. The van der Waals surface area contributed by atoms with Crippen molar-refractivity contribution in [1.29, 1.82) is 0 Å². The van der Waals surface area contributed by atoms with Gasteiger partial charge in [0.15, 0.2) is 5.03 Å². The van der Waals surface area contributed by atoms with Crippen LogP contribution in [0.25, 0.3) is 0 Å². The molecule has 2 fully saturated rings. The summed E-state index contributed by atoms with van der Waals surface area (Å²) in [6.45, 7) is 3.57. The Labute approximate surface area is 106 Å². The summed E-state index contributed by atoms with van der Waals surface area (Å²) in [5.41, 5.74) is 0. The fourth-order valence-corrected chi connectivity index (χ4v) is 2.46. The van der Waals surface area contributed by atoms with Crippen molar-refractivity contribution < 1.29 is 9.77 Å². The van der Waals surface area contributed by atoms with Crippen molar-refractivity contribution in [2.45, 2.75) is 6.42 Å². The molecule has 18 heavy (non-hydrogen) atoms. The Bertz CT molecular complexity index is 342. The standard InChI is InChI=1S/C10H19N5O3/c1-12-7-13(2)10(11-15(16)17)14(8-12)5-9-3-4-18-6-9/h9H,3-8H2,1-2H3/b11-10+. The maximum atomic E-state index is 10.6. The van der Waals surface area contributed by atoms with Crippen LogP contribution >= 0.6 is 0 Å². The van der Waals surface area contributed by atoms with Gasteiger partial charge in [0.05, 0.1) is 19.9 Å². The summed E-state index contributed by atoms with van der Waals surface area (Å²) < 4.78 is 5.34. The highest BCUT2D eigenvalue weighted by molar-refractivity contribution is 5.79. The van der Waals surface area contributed by atoms with Crippen molar-refractivity contribution in [3.8, 4) is 0 Å². The lowest BCUT2D eigenvalue weighted by Gasteiger charge is -2.40. The zero-order chi connectivity index (χ0) is 13.1. The van der Waals surface area contributed by atoms with E-state index in [1.54, 1.807) is 4.90 Å². The molecular formula is C10H19N5O3. The number of hydrazone groups is 1. The van der Waals surface area contributed by atoms with Gasteiger partial charge in [-0.25, -0.2) is 10.1 Å². The quantitative estimate of drug-likeness (QED) is 0.509. The monoisotopic (exact) mass is 257 g/mol. The van der Waals surface area contributed by atoms with E-state index in [9.17, 15) is 10.1 Å². The van der Waals surface area contributed by atoms with Gasteiger partial charge in [-0.1, -0.05) is 0 Å². The molecular weight excluding hydrogens is 238 g/mol. The van der Waals surface area contributed by atoms with E-state index in [2.05, 4.69) is 10.0 Å². The number of hydrogen-bond acceptors (Lipinski definition) is 4. The zero-order valence-corrected chi connectivity index (χ0v) is 10.8. The first kappa shape index (κ1) is 13.0. The van der Waals surface area contributed by atoms with Crippen LogP contribution in [0.2, 0.25) is 0 Å². The predicted octanol–water partition coefficient (Wildman–Crippen LogP) is -0.335. The first-order valence-electron chi connectivity index (χ1n) is 6.01. The van der Waals surface area contributed by atoms with Crippen molar-refractivity contribution in [1.82, 2.24) is 14.7 Å². The number of guanidine groups is 1. The Kier molecular flexibility index (Phi) is 3.97. The normalized spacial score (nSPS) is 28.1. The minimum Gasteiger partial charge on any atom is -0.381 e. The Balaban J connectivity index is 2.08. The third-order valence-corrected chi connectivity index (χ3v) is 3.16. The van der Waals surface area contributed by atoms with Crippen LogP contribution in [0, 0.1) is 16.0 Å². The van der Waals surface area contributed by atoms with Gasteiger partial charge in [0.2, 0.25) is 0 Å². The molecule has 2 aliphatic heterocycles. The van der Waals surface area contributed by atoms with Crippen LogP contribution in [0.1, 0.15) is 6.42 Å². The summed E-state index contributed by atoms with van der Waals surface area (Å²) in [6, 6.07) is 0. The van der Waals surface area contributed by atoms with E-state index in [4.69, 9.17) is 4.74 Å². The van der Waals surface area contributed by atoms with E-state index in [0.29, 0.717) is 25.2 Å². The predicted molar refractivity (Wildman–Crippen MR) is 65.3 cm³/mol. The van der Waals surface area contributed by atoms with Gasteiger partial charge in [-0.05, 0) is 13.5 Å². The molecule has 8 heteroatoms. The fourth-order valence-electron chi connectivity index (χ4n) is 2.46. The molecule has 1 atom stereocenters. The Morgan fingerprint density at radius 3 is 2.89 bits per heavy atom. The first-order valence-corrected chi connectivity index (χ1v) is 6.01. The molecule has 0 saturated carbocycles. The molecule has 2 heterocycles. The number of rotatable bonds is 3. The minimum absolute atomic E-state index is 0.432. The number of nitro groups is 1. The van der Waals surface area contributed by atoms with Crippen LogP contribution in [-0.4, -0.2) is 72.9 Å². The molecule has 0 N–H and O–H groups in total. The fraction of sp³-hybridized carbons (Fsp3) is 0.900. The third-order valence-electron chi connectivity index (χ3n) is 3.16. The molecule has 0 amide bonds. The molecule has 0 aromatic heterocycles. The molecule has 0 bridgehead atoms. The minimum atomic E-state index is -0.630. The highest BCUT2D eigenvalue weighted by atomic mass is 16.7. The van der Waals surface area contributed by atoms with Gasteiger partial charge in [0, 0.05) is 26.1 Å². The van der Waals surface area contributed by atoms with Crippen molar-refractivity contribution in [3.05, 3.63) is 10.1 Å². The summed E-state index contributed by atoms with van der Waals surface area (Å²) in [5.74, 6) is 0.867. The molecule has 2 saturated heterocycles. The zero-order valence-electron chi connectivity index (χ0n) is 10.8. The summed E-state index contributed by atoms with van der Waals surface area (Å²) in [4.78, 5) is 16.4. The summed E-state index contributed by atoms with van der Waals surface area (Å²) in [7, 11) is 3.80. The van der Waals surface area contributed by atoms with Crippen LogP contribution < -0.4 is 0 Å². The number of hydrogen-bond donors (Lipinski definition) is 0. The van der Waals surface area contributed by atoms with Gasteiger partial charge in [-0.3, -0.25) is 4.90 Å². The van der Waals surface area contributed by atoms with Gasteiger partial charge < -0.3 is 14.5 Å². The molecule has 0 radical (unpaired) electrons. The second-order valence-corrected chi connectivity index (χ2v) is 4.93. The van der Waals surface area contributed by atoms with Gasteiger partial charge in [0.1, 0.15) is 5.10 Å². The molecule has 2 aliphatic rings. The lowest BCUT2D eigenvalue weighted by Crippen LogP contribution is -2.57. The van der Waals surface area contributed by atoms with Crippen LogP contribution in [0.15, 0.2) is 5.10 Å². The maximum absolute atomic E-state index is 10.6. The molecule has 0 aliphatic carbocycles. The van der Waals surface area contributed by atoms with Gasteiger partial charge >= 0.3 is 0 Å². The van der Waals surface area contributed by atoms with E-state index >= 15 is 0 Å². The molecule has 0 aromatic carbocycles. The summed E-state index contributed by atoms with van der Waals surface area (Å²) in [5, 5.41) is 13.5. The van der Waals surface area contributed by atoms with E-state index < -0.39 is 5.03 Å². The average molecular weight is 257 g/mol. The topological polar surface area (TPSA) is 74.5 Å². The smallest absolute Gasteiger partial charge is 0.275 e. The van der Waals surface area contributed by atoms with Gasteiger partial charge in [0.25, 0.3) is 5.96 Å². The lowest BCUT2D eigenvalue weighted by atomic mass is 10.1. The maximum Gasteiger partial charge on any atom is 0.275 e. The summed E-state index contributed by atoms with van der Waals surface area (Å²) >= 11 is 0. The van der Waals surface area contributed by atoms with Gasteiger partial charge in [-0.2, -0.15) is 0 Å². The second-order valence-electron chi connectivity index (χ2n) is 4.93. The SMILES string of the molecule is CN1CN(C)/C(=N\[N+](=O)[O-])N(CC2CCOC2)C1. The largest absolute Gasteiger partial charge is 0.381 e. The van der Waals surface area contributed by atoms with Crippen molar-refractivity contribution >= 4 is 5.96 Å². The third kappa shape index (κ3) is 3.08. The van der Waals surface area contributed by atoms with Crippen molar-refractivity contribution in [2.24, 2.45) is 11.0 Å². The molecule has 0 spiro atoms.